The van der Waals surface area contributed by atoms with E-state index in [1.54, 1.807) is 0 Å². The molecule has 1 N–H and O–H groups in total. The van der Waals surface area contributed by atoms with Crippen LogP contribution in [-0.2, 0) is 6.42 Å². The second-order valence-corrected chi connectivity index (χ2v) is 7.40. The molecule has 21 heavy (non-hydrogen) atoms. The number of nitrogens with one attached hydrogen (secondary N) is 1. The summed E-state index contributed by atoms with van der Waals surface area (Å²) in [5.41, 5.74) is 3.96. The van der Waals surface area contributed by atoms with Gasteiger partial charge in [-0.3, -0.25) is 0 Å². The van der Waals surface area contributed by atoms with Crippen LogP contribution in [-0.4, -0.2) is 18.2 Å². The summed E-state index contributed by atoms with van der Waals surface area (Å²) in [6, 6.07) is 7.28. The Balaban J connectivity index is 1.85. The Hall–Kier alpha value is -1.28. The fraction of sp³-hybridized carbons (Fsp3) is 0.579. The number of rotatable bonds is 5. The van der Waals surface area contributed by atoms with Gasteiger partial charge in [-0.05, 0) is 38.2 Å². The second kappa shape index (κ2) is 5.49. The number of para-hydroxylation sites is 1. The third-order valence-electron chi connectivity index (χ3n) is 4.38. The van der Waals surface area contributed by atoms with E-state index >= 15 is 0 Å². The zero-order valence-electron chi connectivity index (χ0n) is 13.7. The SMILES string of the molecule is CC(C)C(=Cc1cccc2c1OC(C)(C)C2)CNC1CC1. The first-order valence-corrected chi connectivity index (χ1v) is 8.19. The molecule has 0 spiro atoms. The standard InChI is InChI=1S/C19H27NO/c1-13(2)16(12-20-17-8-9-17)10-14-6-5-7-15-11-19(3,4)21-18(14)15/h5-7,10,13,17,20H,8-9,11-12H2,1-4H3. The van der Waals surface area contributed by atoms with Gasteiger partial charge in [0.25, 0.3) is 0 Å². The fourth-order valence-electron chi connectivity index (χ4n) is 2.92. The van der Waals surface area contributed by atoms with Crippen molar-refractivity contribution < 1.29 is 4.74 Å². The lowest BCUT2D eigenvalue weighted by Crippen LogP contribution is -2.24. The van der Waals surface area contributed by atoms with Crippen LogP contribution >= 0.6 is 0 Å². The minimum atomic E-state index is -0.0729. The Labute approximate surface area is 128 Å². The van der Waals surface area contributed by atoms with E-state index in [1.807, 2.05) is 0 Å². The minimum absolute atomic E-state index is 0.0729. The largest absolute Gasteiger partial charge is 0.487 e. The fourth-order valence-corrected chi connectivity index (χ4v) is 2.92. The predicted molar refractivity (Wildman–Crippen MR) is 88.7 cm³/mol. The van der Waals surface area contributed by atoms with E-state index in [0.717, 1.165) is 24.8 Å². The minimum Gasteiger partial charge on any atom is -0.487 e. The van der Waals surface area contributed by atoms with Crippen molar-refractivity contribution in [2.24, 2.45) is 5.92 Å². The molecule has 0 aromatic heterocycles. The smallest absolute Gasteiger partial charge is 0.130 e. The van der Waals surface area contributed by atoms with Crippen LogP contribution in [0.25, 0.3) is 6.08 Å². The topological polar surface area (TPSA) is 21.3 Å². The van der Waals surface area contributed by atoms with Crippen molar-refractivity contribution in [1.29, 1.82) is 0 Å². The van der Waals surface area contributed by atoms with Gasteiger partial charge in [0.1, 0.15) is 11.4 Å². The van der Waals surface area contributed by atoms with E-state index in [9.17, 15) is 0 Å². The Morgan fingerprint density at radius 2 is 2.14 bits per heavy atom. The summed E-state index contributed by atoms with van der Waals surface area (Å²) in [5.74, 6) is 1.65. The summed E-state index contributed by atoms with van der Waals surface area (Å²) in [7, 11) is 0. The van der Waals surface area contributed by atoms with Crippen molar-refractivity contribution in [3.8, 4) is 5.75 Å². The molecule has 2 nitrogen and oxygen atoms in total. The van der Waals surface area contributed by atoms with Gasteiger partial charge in [0.05, 0.1) is 0 Å². The summed E-state index contributed by atoms with van der Waals surface area (Å²) >= 11 is 0. The molecule has 3 rings (SSSR count). The molecule has 0 unspecified atom stereocenters. The number of benzene rings is 1. The van der Waals surface area contributed by atoms with Gasteiger partial charge in [-0.1, -0.05) is 43.7 Å². The first-order valence-electron chi connectivity index (χ1n) is 8.19. The zero-order chi connectivity index (χ0) is 15.0. The van der Waals surface area contributed by atoms with Gasteiger partial charge in [0.15, 0.2) is 0 Å². The van der Waals surface area contributed by atoms with E-state index < -0.39 is 0 Å². The Morgan fingerprint density at radius 1 is 1.38 bits per heavy atom. The van der Waals surface area contributed by atoms with Gasteiger partial charge >= 0.3 is 0 Å². The molecule has 0 saturated heterocycles. The first kappa shape index (κ1) is 14.6. The summed E-state index contributed by atoms with van der Waals surface area (Å²) < 4.78 is 6.18. The highest BCUT2D eigenvalue weighted by Gasteiger charge is 2.31. The molecule has 2 heteroatoms. The lowest BCUT2D eigenvalue weighted by Gasteiger charge is -2.18. The van der Waals surface area contributed by atoms with Crippen LogP contribution in [0.3, 0.4) is 0 Å². The molecule has 1 saturated carbocycles. The van der Waals surface area contributed by atoms with Crippen molar-refractivity contribution >= 4 is 6.08 Å². The molecule has 0 radical (unpaired) electrons. The van der Waals surface area contributed by atoms with Crippen molar-refractivity contribution in [3.05, 3.63) is 34.9 Å². The molecule has 0 bridgehead atoms. The Bertz CT molecular complexity index is 553. The number of hydrogen-bond donors (Lipinski definition) is 1. The van der Waals surface area contributed by atoms with Crippen LogP contribution in [0.2, 0.25) is 0 Å². The normalized spacial score (nSPS) is 20.5. The molecule has 1 fully saturated rings. The Kier molecular flexibility index (Phi) is 3.83. The maximum absolute atomic E-state index is 6.18. The zero-order valence-corrected chi connectivity index (χ0v) is 13.7. The average Bonchev–Trinajstić information content (AvgIpc) is 3.15. The number of ether oxygens (including phenoxy) is 1. The Morgan fingerprint density at radius 3 is 2.81 bits per heavy atom. The highest BCUT2D eigenvalue weighted by Crippen LogP contribution is 2.38. The maximum atomic E-state index is 6.18. The molecule has 0 amide bonds. The lowest BCUT2D eigenvalue weighted by atomic mass is 9.97. The van der Waals surface area contributed by atoms with Crippen LogP contribution in [0.5, 0.6) is 5.75 Å². The molecule has 1 aliphatic heterocycles. The number of fused-ring (bicyclic) bond motifs is 1. The van der Waals surface area contributed by atoms with Crippen LogP contribution in [0, 0.1) is 5.92 Å². The molecular formula is C19H27NO. The molecule has 114 valence electrons. The van der Waals surface area contributed by atoms with E-state index in [-0.39, 0.29) is 5.60 Å². The summed E-state index contributed by atoms with van der Waals surface area (Å²) in [4.78, 5) is 0. The monoisotopic (exact) mass is 285 g/mol. The van der Waals surface area contributed by atoms with Crippen molar-refractivity contribution in [3.63, 3.8) is 0 Å². The first-order chi connectivity index (χ1) is 9.94. The van der Waals surface area contributed by atoms with Gasteiger partial charge < -0.3 is 10.1 Å². The number of hydrogen-bond acceptors (Lipinski definition) is 2. The second-order valence-electron chi connectivity index (χ2n) is 7.40. The van der Waals surface area contributed by atoms with Gasteiger partial charge in [-0.15, -0.1) is 0 Å². The summed E-state index contributed by atoms with van der Waals surface area (Å²) in [5, 5.41) is 3.63. The van der Waals surface area contributed by atoms with Gasteiger partial charge in [-0.2, -0.15) is 0 Å². The predicted octanol–water partition coefficient (Wildman–Crippen LogP) is 4.19. The highest BCUT2D eigenvalue weighted by molar-refractivity contribution is 5.64. The van der Waals surface area contributed by atoms with Crippen molar-refractivity contribution in [2.45, 2.75) is 58.6 Å². The molecule has 2 aliphatic rings. The van der Waals surface area contributed by atoms with Crippen LogP contribution in [0.1, 0.15) is 51.7 Å². The molecule has 1 aliphatic carbocycles. The van der Waals surface area contributed by atoms with Crippen molar-refractivity contribution in [1.82, 2.24) is 5.32 Å². The summed E-state index contributed by atoms with van der Waals surface area (Å²) in [6.07, 6.45) is 6.01. The van der Waals surface area contributed by atoms with Gasteiger partial charge in [0, 0.05) is 24.6 Å². The van der Waals surface area contributed by atoms with E-state index in [0.29, 0.717) is 5.92 Å². The maximum Gasteiger partial charge on any atom is 0.130 e. The third-order valence-corrected chi connectivity index (χ3v) is 4.38. The highest BCUT2D eigenvalue weighted by atomic mass is 16.5. The van der Waals surface area contributed by atoms with Crippen molar-refractivity contribution in [2.75, 3.05) is 6.54 Å². The summed E-state index contributed by atoms with van der Waals surface area (Å²) in [6.45, 7) is 9.87. The van der Waals surface area contributed by atoms with E-state index in [2.05, 4.69) is 57.3 Å². The molecule has 0 atom stereocenters. The average molecular weight is 285 g/mol. The van der Waals surface area contributed by atoms with E-state index in [1.165, 1.54) is 29.5 Å². The van der Waals surface area contributed by atoms with Crippen LogP contribution < -0.4 is 10.1 Å². The molecular weight excluding hydrogens is 258 g/mol. The van der Waals surface area contributed by atoms with Crippen LogP contribution in [0.15, 0.2) is 23.8 Å². The molecule has 1 heterocycles. The van der Waals surface area contributed by atoms with Gasteiger partial charge in [-0.25, -0.2) is 0 Å². The third kappa shape index (κ3) is 3.49. The molecule has 1 aromatic rings. The van der Waals surface area contributed by atoms with Gasteiger partial charge in [0.2, 0.25) is 0 Å². The lowest BCUT2D eigenvalue weighted by molar-refractivity contribution is 0.138. The molecule has 1 aromatic carbocycles. The van der Waals surface area contributed by atoms with E-state index in [4.69, 9.17) is 4.74 Å². The van der Waals surface area contributed by atoms with Crippen LogP contribution in [0.4, 0.5) is 0 Å². The quantitative estimate of drug-likeness (QED) is 0.876.